The normalized spacial score (nSPS) is 12.0. The van der Waals surface area contributed by atoms with Gasteiger partial charge < -0.3 is 5.32 Å². The minimum atomic E-state index is -4.53. The zero-order chi connectivity index (χ0) is 19.2. The van der Waals surface area contributed by atoms with Crippen molar-refractivity contribution in [2.75, 3.05) is 5.32 Å². The monoisotopic (exact) mass is 383 g/mol. The Morgan fingerprint density at radius 1 is 1.19 bits per heavy atom. The van der Waals surface area contributed by atoms with Gasteiger partial charge in [-0.25, -0.2) is 14.6 Å². The minimum Gasteiger partial charge on any atom is -0.300 e. The van der Waals surface area contributed by atoms with Crippen molar-refractivity contribution in [2.45, 2.75) is 40.4 Å². The summed E-state index contributed by atoms with van der Waals surface area (Å²) in [4.78, 5) is 21.6. The van der Waals surface area contributed by atoms with Crippen LogP contribution < -0.4 is 5.32 Å². The van der Waals surface area contributed by atoms with E-state index in [2.05, 4.69) is 20.4 Å². The van der Waals surface area contributed by atoms with Crippen molar-refractivity contribution in [3.63, 3.8) is 0 Å². The second-order valence-corrected chi connectivity index (χ2v) is 7.16. The summed E-state index contributed by atoms with van der Waals surface area (Å²) in [5, 5.41) is 7.09. The molecule has 0 aliphatic rings. The number of aromatic nitrogens is 4. The fourth-order valence-corrected chi connectivity index (χ4v) is 3.46. The molecule has 0 atom stereocenters. The van der Waals surface area contributed by atoms with E-state index >= 15 is 0 Å². The molecule has 0 bridgehead atoms. The van der Waals surface area contributed by atoms with Crippen LogP contribution in [-0.4, -0.2) is 25.7 Å². The Morgan fingerprint density at radius 3 is 2.46 bits per heavy atom. The fourth-order valence-electron chi connectivity index (χ4n) is 2.63. The number of halogens is 3. The Balaban J connectivity index is 1.96. The molecule has 0 unspecified atom stereocenters. The lowest BCUT2D eigenvalue weighted by Crippen LogP contribution is -2.20. The summed E-state index contributed by atoms with van der Waals surface area (Å²) in [5.41, 5.74) is 0.440. The summed E-state index contributed by atoms with van der Waals surface area (Å²) < 4.78 is 41.2. The molecular formula is C16H16F3N5OS. The van der Waals surface area contributed by atoms with E-state index in [-0.39, 0.29) is 29.0 Å². The highest BCUT2D eigenvalue weighted by Crippen LogP contribution is 2.36. The molecule has 3 rings (SSSR count). The second-order valence-electron chi connectivity index (χ2n) is 5.96. The van der Waals surface area contributed by atoms with Crippen LogP contribution in [0.15, 0.2) is 6.07 Å². The number of aryl methyl sites for hydroxylation is 4. The Hall–Kier alpha value is -2.49. The average molecular weight is 383 g/mol. The third kappa shape index (κ3) is 3.41. The van der Waals surface area contributed by atoms with Crippen molar-refractivity contribution >= 4 is 33.4 Å². The predicted molar refractivity (Wildman–Crippen MR) is 92.2 cm³/mol. The van der Waals surface area contributed by atoms with Crippen LogP contribution in [0, 0.1) is 27.7 Å². The molecule has 3 heterocycles. The summed E-state index contributed by atoms with van der Waals surface area (Å²) in [6, 6.07) is 0.989. The number of pyridine rings is 1. The van der Waals surface area contributed by atoms with Crippen LogP contribution in [0.25, 0.3) is 11.0 Å². The molecule has 0 aliphatic heterocycles. The van der Waals surface area contributed by atoms with E-state index in [0.29, 0.717) is 5.13 Å². The van der Waals surface area contributed by atoms with Gasteiger partial charge in [0.05, 0.1) is 22.3 Å². The molecule has 0 aliphatic carbocycles. The van der Waals surface area contributed by atoms with E-state index in [4.69, 9.17) is 0 Å². The maximum atomic E-state index is 13.3. The molecule has 10 heteroatoms. The van der Waals surface area contributed by atoms with Crippen LogP contribution in [0.1, 0.15) is 27.5 Å². The van der Waals surface area contributed by atoms with Gasteiger partial charge in [-0.2, -0.15) is 18.3 Å². The molecule has 0 fully saturated rings. The lowest BCUT2D eigenvalue weighted by Gasteiger charge is -2.10. The molecule has 1 amide bonds. The van der Waals surface area contributed by atoms with Crippen molar-refractivity contribution in [3.8, 4) is 0 Å². The van der Waals surface area contributed by atoms with Gasteiger partial charge in [-0.3, -0.25) is 4.79 Å². The first-order valence-corrected chi connectivity index (χ1v) is 8.53. The number of nitrogens with one attached hydrogen (secondary N) is 1. The number of thiazole rings is 1. The lowest BCUT2D eigenvalue weighted by molar-refractivity contribution is -0.136. The molecule has 0 saturated heterocycles. The predicted octanol–water partition coefficient (Wildman–Crippen LogP) is 3.78. The maximum Gasteiger partial charge on any atom is 0.417 e. The van der Waals surface area contributed by atoms with Gasteiger partial charge in [0.25, 0.3) is 0 Å². The lowest BCUT2D eigenvalue weighted by atomic mass is 10.1. The maximum absolute atomic E-state index is 13.3. The van der Waals surface area contributed by atoms with Gasteiger partial charge in [-0.05, 0) is 33.8 Å². The minimum absolute atomic E-state index is 0.0384. The van der Waals surface area contributed by atoms with Gasteiger partial charge in [0.1, 0.15) is 6.54 Å². The van der Waals surface area contributed by atoms with Crippen LogP contribution in [0.3, 0.4) is 0 Å². The van der Waals surface area contributed by atoms with Crippen molar-refractivity contribution < 1.29 is 18.0 Å². The van der Waals surface area contributed by atoms with Crippen LogP contribution >= 0.6 is 11.3 Å². The number of amides is 1. The fraction of sp³-hybridized carbons (Fsp3) is 0.375. The second kappa shape index (κ2) is 6.35. The van der Waals surface area contributed by atoms with Crippen molar-refractivity contribution in [1.29, 1.82) is 0 Å². The highest BCUT2D eigenvalue weighted by molar-refractivity contribution is 7.15. The first-order chi connectivity index (χ1) is 12.1. The Labute approximate surface area is 151 Å². The molecule has 0 saturated carbocycles. The molecule has 0 aromatic carbocycles. The summed E-state index contributed by atoms with van der Waals surface area (Å²) in [5.74, 6) is -0.431. The molecule has 0 spiro atoms. The first kappa shape index (κ1) is 18.3. The molecule has 3 aromatic rings. The molecule has 6 nitrogen and oxygen atoms in total. The number of alkyl halides is 3. The SMILES string of the molecule is Cc1cc(C(F)(F)F)c2c(C)nn(CC(=O)Nc3nc(C)c(C)s3)c2n1. The smallest absolute Gasteiger partial charge is 0.300 e. The molecule has 138 valence electrons. The number of anilines is 1. The van der Waals surface area contributed by atoms with Crippen LogP contribution in [0.5, 0.6) is 0 Å². The number of hydrogen-bond acceptors (Lipinski definition) is 5. The van der Waals surface area contributed by atoms with Gasteiger partial charge in [-0.15, -0.1) is 11.3 Å². The molecule has 1 N–H and O–H groups in total. The van der Waals surface area contributed by atoms with Crippen molar-refractivity contribution in [3.05, 3.63) is 33.6 Å². The van der Waals surface area contributed by atoms with E-state index in [0.717, 1.165) is 16.6 Å². The topological polar surface area (TPSA) is 72.7 Å². The summed E-state index contributed by atoms with van der Waals surface area (Å²) in [6.07, 6.45) is -4.53. The van der Waals surface area contributed by atoms with Crippen LogP contribution in [0.4, 0.5) is 18.3 Å². The molecule has 3 aromatic heterocycles. The number of carbonyl (C=O) groups excluding carboxylic acids is 1. The average Bonchev–Trinajstić information content (AvgIpc) is 2.97. The third-order valence-electron chi connectivity index (χ3n) is 3.88. The van der Waals surface area contributed by atoms with Gasteiger partial charge in [0, 0.05) is 10.6 Å². The zero-order valence-electron chi connectivity index (χ0n) is 14.5. The number of rotatable bonds is 3. The standard InChI is InChI=1S/C16H16F3N5OS/c1-7-5-11(16(17,18)19)13-9(3)23-24(14(13)20-7)6-12(25)22-15-21-8(2)10(4)26-15/h5H,6H2,1-4H3,(H,21,22,25). The van der Waals surface area contributed by atoms with Gasteiger partial charge in [-0.1, -0.05) is 0 Å². The zero-order valence-corrected chi connectivity index (χ0v) is 15.3. The largest absolute Gasteiger partial charge is 0.417 e. The Kier molecular flexibility index (Phi) is 4.47. The molecule has 26 heavy (non-hydrogen) atoms. The highest BCUT2D eigenvalue weighted by Gasteiger charge is 2.35. The summed E-state index contributed by atoms with van der Waals surface area (Å²) in [7, 11) is 0. The first-order valence-electron chi connectivity index (χ1n) is 7.72. The Morgan fingerprint density at radius 2 is 1.88 bits per heavy atom. The van der Waals surface area contributed by atoms with Crippen LogP contribution in [-0.2, 0) is 17.5 Å². The molecule has 0 radical (unpaired) electrons. The number of fused-ring (bicyclic) bond motifs is 1. The number of hydrogen-bond donors (Lipinski definition) is 1. The van der Waals surface area contributed by atoms with E-state index in [9.17, 15) is 18.0 Å². The van der Waals surface area contributed by atoms with Gasteiger partial charge in [0.15, 0.2) is 10.8 Å². The van der Waals surface area contributed by atoms with E-state index in [1.807, 2.05) is 13.8 Å². The van der Waals surface area contributed by atoms with E-state index < -0.39 is 17.6 Å². The van der Waals surface area contributed by atoms with Gasteiger partial charge >= 0.3 is 6.18 Å². The van der Waals surface area contributed by atoms with Crippen molar-refractivity contribution in [2.24, 2.45) is 0 Å². The number of nitrogens with zero attached hydrogens (tertiary/aromatic N) is 4. The Bertz CT molecular complexity index is 986. The molecular weight excluding hydrogens is 367 g/mol. The third-order valence-corrected chi connectivity index (χ3v) is 4.87. The van der Waals surface area contributed by atoms with E-state index in [1.54, 1.807) is 0 Å². The van der Waals surface area contributed by atoms with E-state index in [1.165, 1.54) is 29.9 Å². The van der Waals surface area contributed by atoms with Gasteiger partial charge in [0.2, 0.25) is 5.91 Å². The summed E-state index contributed by atoms with van der Waals surface area (Å²) >= 11 is 1.33. The highest BCUT2D eigenvalue weighted by atomic mass is 32.1. The quantitative estimate of drug-likeness (QED) is 0.747. The van der Waals surface area contributed by atoms with Crippen molar-refractivity contribution in [1.82, 2.24) is 19.7 Å². The summed E-state index contributed by atoms with van der Waals surface area (Å²) in [6.45, 7) is 6.41. The number of carbonyl (C=O) groups is 1. The van der Waals surface area contributed by atoms with Crippen LogP contribution in [0.2, 0.25) is 0 Å².